The summed E-state index contributed by atoms with van der Waals surface area (Å²) in [6, 6.07) is 9.50. The summed E-state index contributed by atoms with van der Waals surface area (Å²) < 4.78 is 89.4. The van der Waals surface area contributed by atoms with Gasteiger partial charge in [0.2, 0.25) is 5.91 Å². The Morgan fingerprint density at radius 3 is 2.65 bits per heavy atom. The van der Waals surface area contributed by atoms with E-state index >= 15 is 8.78 Å². The van der Waals surface area contributed by atoms with Crippen LogP contribution in [0, 0.1) is 17.6 Å². The SMILES string of the molecule is O=C(Cn1nc(C(F)F)c2c1C(F)(F)[C@@H]1C[C@H]21)N[C@@H](Cc1cc(F)cc(F)c1)c1nc2ncccc2c(=O)n1-c1ccc2scnc2c1. The number of pyridine rings is 1. The zero-order valence-corrected chi connectivity index (χ0v) is 25.2. The van der Waals surface area contributed by atoms with Gasteiger partial charge in [-0.1, -0.05) is 0 Å². The second kappa shape index (κ2) is 11.0. The highest BCUT2D eigenvalue weighted by molar-refractivity contribution is 7.16. The molecule has 1 saturated carbocycles. The Labute approximate surface area is 269 Å². The lowest BCUT2D eigenvalue weighted by Gasteiger charge is -2.23. The maximum atomic E-state index is 15.2. The van der Waals surface area contributed by atoms with Gasteiger partial charge in [0.25, 0.3) is 17.9 Å². The summed E-state index contributed by atoms with van der Waals surface area (Å²) in [6.07, 6.45) is -1.99. The van der Waals surface area contributed by atoms with E-state index in [4.69, 9.17) is 0 Å². The van der Waals surface area contributed by atoms with Gasteiger partial charge in [-0.25, -0.2) is 32.5 Å². The van der Waals surface area contributed by atoms with Crippen LogP contribution in [0.5, 0.6) is 0 Å². The Balaban J connectivity index is 1.25. The van der Waals surface area contributed by atoms with E-state index in [9.17, 15) is 27.2 Å². The van der Waals surface area contributed by atoms with Crippen LogP contribution < -0.4 is 10.9 Å². The number of alkyl halides is 4. The highest BCUT2D eigenvalue weighted by Gasteiger charge is 2.67. The zero-order valence-electron chi connectivity index (χ0n) is 24.4. The van der Waals surface area contributed by atoms with E-state index in [0.29, 0.717) is 22.0 Å². The molecule has 48 heavy (non-hydrogen) atoms. The maximum absolute atomic E-state index is 15.2. The molecule has 2 aliphatic carbocycles. The van der Waals surface area contributed by atoms with Crippen LogP contribution in [0.2, 0.25) is 0 Å². The molecule has 2 aliphatic rings. The molecule has 9 nitrogen and oxygen atoms in total. The largest absolute Gasteiger partial charge is 0.344 e. The first-order chi connectivity index (χ1) is 23.0. The van der Waals surface area contributed by atoms with Crippen molar-refractivity contribution in [1.82, 2.24) is 34.6 Å². The summed E-state index contributed by atoms with van der Waals surface area (Å²) in [4.78, 5) is 40.8. The Hall–Kier alpha value is -5.12. The Bertz CT molecular complexity index is 2320. The van der Waals surface area contributed by atoms with Gasteiger partial charge >= 0.3 is 0 Å². The number of halogens is 6. The average molecular weight is 682 g/mol. The number of fused-ring (bicyclic) bond motifs is 5. The molecule has 2 aromatic carbocycles. The molecule has 4 aromatic heterocycles. The molecule has 0 aliphatic heterocycles. The number of benzene rings is 2. The number of carbonyl (C=O) groups is 1. The number of hydrogen-bond acceptors (Lipinski definition) is 7. The molecule has 4 heterocycles. The molecule has 0 saturated heterocycles. The predicted molar refractivity (Wildman–Crippen MR) is 161 cm³/mol. The first-order valence-electron chi connectivity index (χ1n) is 14.7. The summed E-state index contributed by atoms with van der Waals surface area (Å²) in [5.41, 5.74) is 0.265. The summed E-state index contributed by atoms with van der Waals surface area (Å²) >= 11 is 1.38. The van der Waals surface area contributed by atoms with Crippen LogP contribution in [-0.4, -0.2) is 35.2 Å². The molecule has 16 heteroatoms. The van der Waals surface area contributed by atoms with Crippen molar-refractivity contribution in [3.63, 3.8) is 0 Å². The number of nitrogens with zero attached hydrogens (tertiary/aromatic N) is 6. The monoisotopic (exact) mass is 681 g/mol. The van der Waals surface area contributed by atoms with E-state index in [1.165, 1.54) is 28.2 Å². The fourth-order valence-corrected chi connectivity index (χ4v) is 7.29. The summed E-state index contributed by atoms with van der Waals surface area (Å²) in [5.74, 6) is -8.19. The van der Waals surface area contributed by atoms with Gasteiger partial charge in [0.1, 0.15) is 35.4 Å². The Morgan fingerprint density at radius 1 is 1.08 bits per heavy atom. The number of carbonyl (C=O) groups excluding carboxylic acids is 1. The van der Waals surface area contributed by atoms with E-state index in [2.05, 4.69) is 25.4 Å². The van der Waals surface area contributed by atoms with Crippen molar-refractivity contribution < 1.29 is 31.1 Å². The second-order valence-electron chi connectivity index (χ2n) is 11.8. The Morgan fingerprint density at radius 2 is 1.88 bits per heavy atom. The van der Waals surface area contributed by atoms with Gasteiger partial charge in [0.05, 0.1) is 32.8 Å². The lowest BCUT2D eigenvalue weighted by atomic mass is 10.0. The zero-order chi connectivity index (χ0) is 33.5. The first-order valence-corrected chi connectivity index (χ1v) is 15.6. The molecule has 0 bridgehead atoms. The fraction of sp³-hybridized carbons (Fsp3) is 0.250. The van der Waals surface area contributed by atoms with Gasteiger partial charge in [0.15, 0.2) is 5.65 Å². The standard InChI is InChI=1S/C32H21F6N7O2S/c33-15-6-14(7-16(34)9-15)8-22(41-24(46)12-44-27-25(26(43-44)28(35)36)19-11-20(19)32(27,37)38)30-42-29-18(2-1-5-39-29)31(47)45(30)17-3-4-23-21(10-17)40-13-48-23/h1-7,9-10,13,19-20,22,28H,8,11-12H2,(H,41,46)/t19-,20+,22-/m0/s1. The molecule has 1 fully saturated rings. The van der Waals surface area contributed by atoms with Crippen molar-refractivity contribution in [2.24, 2.45) is 5.92 Å². The number of nitrogens with one attached hydrogen (secondary N) is 1. The summed E-state index contributed by atoms with van der Waals surface area (Å²) in [5, 5.41) is 6.49. The normalized spacial score (nSPS) is 18.3. The highest BCUT2D eigenvalue weighted by Crippen LogP contribution is 2.68. The smallest absolute Gasteiger partial charge is 0.293 e. The van der Waals surface area contributed by atoms with Gasteiger partial charge in [-0.3, -0.25) is 18.8 Å². The van der Waals surface area contributed by atoms with Crippen molar-refractivity contribution in [1.29, 1.82) is 0 Å². The van der Waals surface area contributed by atoms with Gasteiger partial charge in [-0.05, 0) is 60.4 Å². The highest BCUT2D eigenvalue weighted by atomic mass is 32.1. The molecule has 0 unspecified atom stereocenters. The van der Waals surface area contributed by atoms with Gasteiger partial charge in [0, 0.05) is 30.2 Å². The minimum absolute atomic E-state index is 0.0125. The number of hydrogen-bond donors (Lipinski definition) is 1. The number of thiazole rings is 1. The molecule has 244 valence electrons. The summed E-state index contributed by atoms with van der Waals surface area (Å²) in [7, 11) is 0. The van der Waals surface area contributed by atoms with Crippen molar-refractivity contribution in [3.8, 4) is 5.69 Å². The molecule has 8 rings (SSSR count). The number of aromatic nitrogens is 6. The molecule has 6 aromatic rings. The average Bonchev–Trinajstić information content (AvgIpc) is 3.44. The van der Waals surface area contributed by atoms with Crippen molar-refractivity contribution >= 4 is 38.5 Å². The van der Waals surface area contributed by atoms with Gasteiger partial charge in [-0.2, -0.15) is 13.9 Å². The van der Waals surface area contributed by atoms with E-state index in [0.717, 1.165) is 16.8 Å². The summed E-state index contributed by atoms with van der Waals surface area (Å²) in [6.45, 7) is -0.876. The molecule has 0 spiro atoms. The van der Waals surface area contributed by atoms with Crippen LogP contribution >= 0.6 is 11.3 Å². The minimum Gasteiger partial charge on any atom is -0.344 e. The second-order valence-corrected chi connectivity index (χ2v) is 12.7. The first kappa shape index (κ1) is 30.2. The van der Waals surface area contributed by atoms with Crippen LogP contribution in [0.3, 0.4) is 0 Å². The van der Waals surface area contributed by atoms with E-state index in [-0.39, 0.29) is 40.8 Å². The van der Waals surface area contributed by atoms with Crippen molar-refractivity contribution in [3.05, 3.63) is 111 Å². The van der Waals surface area contributed by atoms with E-state index in [1.54, 1.807) is 29.8 Å². The lowest BCUT2D eigenvalue weighted by Crippen LogP contribution is -2.38. The van der Waals surface area contributed by atoms with Crippen LogP contribution in [0.1, 0.15) is 53.1 Å². The quantitative estimate of drug-likeness (QED) is 0.194. The van der Waals surface area contributed by atoms with Crippen molar-refractivity contribution in [2.75, 3.05) is 0 Å². The molecule has 3 atom stereocenters. The Kier molecular flexibility index (Phi) is 6.91. The van der Waals surface area contributed by atoms with E-state index < -0.39 is 71.3 Å². The van der Waals surface area contributed by atoms with Crippen LogP contribution in [0.25, 0.3) is 26.9 Å². The third-order valence-electron chi connectivity index (χ3n) is 8.71. The number of rotatable bonds is 8. The molecular formula is C32H21F6N7O2S. The predicted octanol–water partition coefficient (Wildman–Crippen LogP) is 6.11. The third kappa shape index (κ3) is 4.93. The maximum Gasteiger partial charge on any atom is 0.293 e. The lowest BCUT2D eigenvalue weighted by molar-refractivity contribution is -0.123. The molecule has 1 N–H and O–H groups in total. The third-order valence-corrected chi connectivity index (χ3v) is 9.52. The van der Waals surface area contributed by atoms with E-state index in [1.807, 2.05) is 0 Å². The topological polar surface area (TPSA) is 108 Å². The van der Waals surface area contributed by atoms with Crippen LogP contribution in [-0.2, 0) is 23.7 Å². The molecular weight excluding hydrogens is 660 g/mol. The van der Waals surface area contributed by atoms with Gasteiger partial charge < -0.3 is 5.32 Å². The number of amides is 1. The minimum atomic E-state index is -3.46. The van der Waals surface area contributed by atoms with Crippen molar-refractivity contribution in [2.45, 2.75) is 43.7 Å². The van der Waals surface area contributed by atoms with Crippen LogP contribution in [0.15, 0.2) is 65.0 Å². The molecule has 0 radical (unpaired) electrons. The van der Waals surface area contributed by atoms with Crippen LogP contribution in [0.4, 0.5) is 26.3 Å². The molecule has 1 amide bonds. The fourth-order valence-electron chi connectivity index (χ4n) is 6.63. The van der Waals surface area contributed by atoms with Gasteiger partial charge in [-0.15, -0.1) is 11.3 Å².